The molecule has 1 unspecified atom stereocenters. The molecule has 0 saturated heterocycles. The average molecular weight is 361 g/mol. The van der Waals surface area contributed by atoms with Gasteiger partial charge in [-0.3, -0.25) is 9.59 Å². The Kier molecular flexibility index (Phi) is 6.98. The van der Waals surface area contributed by atoms with E-state index in [0.29, 0.717) is 5.56 Å². The molecular formula is C17H22F3NO4. The van der Waals surface area contributed by atoms with Gasteiger partial charge in [-0.05, 0) is 17.7 Å². The molecular weight excluding hydrogens is 339 g/mol. The number of Topliss-reactive ketones (excluding diaryl/α,β-unsaturated/α-hetero) is 1. The van der Waals surface area contributed by atoms with Crippen LogP contribution in [-0.2, 0) is 14.3 Å². The van der Waals surface area contributed by atoms with E-state index in [-0.39, 0.29) is 18.8 Å². The minimum Gasteiger partial charge on any atom is -0.406 e. The smallest absolute Gasteiger partial charge is 0.406 e. The molecule has 1 N–H and O–H groups in total. The molecule has 0 aliphatic rings. The monoisotopic (exact) mass is 361 g/mol. The molecule has 0 aromatic heterocycles. The van der Waals surface area contributed by atoms with Gasteiger partial charge in [0.1, 0.15) is 11.5 Å². The van der Waals surface area contributed by atoms with Crippen molar-refractivity contribution < 1.29 is 32.2 Å². The molecule has 0 heterocycles. The molecule has 0 spiro atoms. The summed E-state index contributed by atoms with van der Waals surface area (Å²) in [4.78, 5) is 24.0. The third kappa shape index (κ3) is 7.55. The van der Waals surface area contributed by atoms with Gasteiger partial charge in [-0.15, -0.1) is 13.2 Å². The van der Waals surface area contributed by atoms with Crippen molar-refractivity contribution in [2.45, 2.75) is 39.6 Å². The maximum Gasteiger partial charge on any atom is 0.573 e. The number of amides is 1. The van der Waals surface area contributed by atoms with Gasteiger partial charge in [-0.2, -0.15) is 0 Å². The Morgan fingerprint density at radius 2 is 1.84 bits per heavy atom. The molecule has 140 valence electrons. The predicted octanol–water partition coefficient (Wildman–Crippen LogP) is 3.39. The molecule has 1 rings (SSSR count). The number of ketones is 1. The fraction of sp³-hybridized carbons (Fsp3) is 0.529. The van der Waals surface area contributed by atoms with Crippen molar-refractivity contribution in [2.24, 2.45) is 5.41 Å². The highest BCUT2D eigenvalue weighted by Gasteiger charge is 2.31. The molecule has 1 aromatic carbocycles. The average Bonchev–Trinajstić information content (AvgIpc) is 2.44. The summed E-state index contributed by atoms with van der Waals surface area (Å²) in [6.07, 6.45) is -5.12. The second-order valence-electron chi connectivity index (χ2n) is 6.55. The zero-order valence-electron chi connectivity index (χ0n) is 14.6. The van der Waals surface area contributed by atoms with Crippen LogP contribution in [0.15, 0.2) is 24.3 Å². The summed E-state index contributed by atoms with van der Waals surface area (Å²) in [6, 6.07) is 4.54. The number of alkyl halides is 3. The summed E-state index contributed by atoms with van der Waals surface area (Å²) in [5, 5.41) is 2.61. The molecule has 1 amide bonds. The van der Waals surface area contributed by atoms with Crippen molar-refractivity contribution in [1.82, 2.24) is 5.32 Å². The zero-order valence-corrected chi connectivity index (χ0v) is 14.6. The van der Waals surface area contributed by atoms with Crippen LogP contribution in [0.2, 0.25) is 0 Å². The molecule has 5 nitrogen and oxygen atoms in total. The number of rotatable bonds is 7. The molecule has 0 aliphatic heterocycles. The minimum absolute atomic E-state index is 0.0327. The van der Waals surface area contributed by atoms with E-state index in [0.717, 1.165) is 6.07 Å². The van der Waals surface area contributed by atoms with Crippen molar-refractivity contribution in [3.05, 3.63) is 29.8 Å². The summed E-state index contributed by atoms with van der Waals surface area (Å²) < 4.78 is 45.9. The first-order valence-electron chi connectivity index (χ1n) is 7.59. The Morgan fingerprint density at radius 1 is 1.20 bits per heavy atom. The lowest BCUT2D eigenvalue weighted by Crippen LogP contribution is -2.35. The molecule has 0 bridgehead atoms. The zero-order chi connectivity index (χ0) is 19.3. The van der Waals surface area contributed by atoms with Gasteiger partial charge in [0.15, 0.2) is 0 Å². The van der Waals surface area contributed by atoms with Crippen LogP contribution in [0, 0.1) is 5.41 Å². The number of nitrogens with one attached hydrogen (secondary N) is 1. The Morgan fingerprint density at radius 3 is 2.36 bits per heavy atom. The summed E-state index contributed by atoms with van der Waals surface area (Å²) in [6.45, 7) is 5.14. The molecule has 0 fully saturated rings. The topological polar surface area (TPSA) is 64.6 Å². The van der Waals surface area contributed by atoms with Gasteiger partial charge >= 0.3 is 6.36 Å². The third-order valence-electron chi connectivity index (χ3n) is 3.32. The second kappa shape index (κ2) is 8.33. The lowest BCUT2D eigenvalue weighted by Gasteiger charge is -2.21. The maximum absolute atomic E-state index is 12.3. The van der Waals surface area contributed by atoms with Crippen LogP contribution in [0.3, 0.4) is 0 Å². The first-order chi connectivity index (χ1) is 11.4. The predicted molar refractivity (Wildman–Crippen MR) is 85.0 cm³/mol. The van der Waals surface area contributed by atoms with Crippen LogP contribution in [0.25, 0.3) is 0 Å². The van der Waals surface area contributed by atoms with Crippen molar-refractivity contribution in [3.8, 4) is 5.75 Å². The first-order valence-corrected chi connectivity index (χ1v) is 7.59. The largest absolute Gasteiger partial charge is 0.573 e. The second-order valence-corrected chi connectivity index (χ2v) is 6.55. The van der Waals surface area contributed by atoms with Crippen molar-refractivity contribution in [1.29, 1.82) is 0 Å². The fourth-order valence-electron chi connectivity index (χ4n) is 1.97. The highest BCUT2D eigenvalue weighted by atomic mass is 19.4. The number of methoxy groups -OCH3 is 1. The van der Waals surface area contributed by atoms with Gasteiger partial charge in [0.25, 0.3) is 0 Å². The highest BCUT2D eigenvalue weighted by Crippen LogP contribution is 2.26. The van der Waals surface area contributed by atoms with Gasteiger partial charge in [0.05, 0.1) is 19.1 Å². The van der Waals surface area contributed by atoms with Crippen LogP contribution in [-0.4, -0.2) is 31.8 Å². The number of hydrogen-bond acceptors (Lipinski definition) is 4. The van der Waals surface area contributed by atoms with Crippen LogP contribution in [0.5, 0.6) is 5.75 Å². The third-order valence-corrected chi connectivity index (χ3v) is 3.32. The Balaban J connectivity index is 2.88. The summed E-state index contributed by atoms with van der Waals surface area (Å²) >= 11 is 0. The van der Waals surface area contributed by atoms with E-state index in [1.165, 1.54) is 19.2 Å². The van der Waals surface area contributed by atoms with E-state index in [4.69, 9.17) is 4.74 Å². The SMILES string of the molecule is COCC(NC(=O)CC(=O)C(C)(C)C)c1cccc(OC(F)(F)F)c1. The maximum atomic E-state index is 12.3. The van der Waals surface area contributed by atoms with Crippen LogP contribution >= 0.6 is 0 Å². The van der Waals surface area contributed by atoms with Gasteiger partial charge in [0.2, 0.25) is 5.91 Å². The van der Waals surface area contributed by atoms with E-state index in [1.807, 2.05) is 0 Å². The summed E-state index contributed by atoms with van der Waals surface area (Å²) in [5.74, 6) is -1.16. The Hall–Kier alpha value is -2.09. The van der Waals surface area contributed by atoms with E-state index in [9.17, 15) is 22.8 Å². The van der Waals surface area contributed by atoms with Crippen molar-refractivity contribution in [3.63, 3.8) is 0 Å². The van der Waals surface area contributed by atoms with Crippen LogP contribution < -0.4 is 10.1 Å². The molecule has 8 heteroatoms. The van der Waals surface area contributed by atoms with E-state index in [1.54, 1.807) is 26.8 Å². The van der Waals surface area contributed by atoms with Crippen LogP contribution in [0.1, 0.15) is 38.8 Å². The van der Waals surface area contributed by atoms with Gasteiger partial charge in [0, 0.05) is 12.5 Å². The van der Waals surface area contributed by atoms with Gasteiger partial charge in [-0.25, -0.2) is 0 Å². The minimum atomic E-state index is -4.81. The molecule has 1 aromatic rings. The Bertz CT molecular complexity index is 609. The lowest BCUT2D eigenvalue weighted by atomic mass is 9.89. The number of carbonyl (C=O) groups excluding carboxylic acids is 2. The lowest BCUT2D eigenvalue weighted by molar-refractivity contribution is -0.274. The number of ether oxygens (including phenoxy) is 2. The Labute approximate surface area is 144 Å². The molecule has 0 saturated carbocycles. The highest BCUT2D eigenvalue weighted by molar-refractivity contribution is 6.00. The standard InChI is InChI=1S/C17H22F3NO4/c1-16(2,3)14(22)9-15(23)21-13(10-24-4)11-6-5-7-12(8-11)25-17(18,19)20/h5-8,13H,9-10H2,1-4H3,(H,21,23). The fourth-order valence-corrected chi connectivity index (χ4v) is 1.97. The molecule has 0 radical (unpaired) electrons. The van der Waals surface area contributed by atoms with Gasteiger partial charge < -0.3 is 14.8 Å². The number of carbonyl (C=O) groups is 2. The number of halogens is 3. The van der Waals surface area contributed by atoms with E-state index < -0.39 is 29.5 Å². The normalized spacial score (nSPS) is 13.2. The quantitative estimate of drug-likeness (QED) is 0.756. The van der Waals surface area contributed by atoms with Crippen molar-refractivity contribution >= 4 is 11.7 Å². The van der Waals surface area contributed by atoms with Gasteiger partial charge in [-0.1, -0.05) is 32.9 Å². The molecule has 25 heavy (non-hydrogen) atoms. The molecule has 0 aliphatic carbocycles. The van der Waals surface area contributed by atoms with Crippen LogP contribution in [0.4, 0.5) is 13.2 Å². The number of benzene rings is 1. The van der Waals surface area contributed by atoms with Crippen molar-refractivity contribution in [2.75, 3.05) is 13.7 Å². The van der Waals surface area contributed by atoms with E-state index >= 15 is 0 Å². The number of hydrogen-bond donors (Lipinski definition) is 1. The molecule has 1 atom stereocenters. The van der Waals surface area contributed by atoms with E-state index in [2.05, 4.69) is 10.1 Å². The summed E-state index contributed by atoms with van der Waals surface area (Å²) in [7, 11) is 1.40. The first kappa shape index (κ1) is 21.0. The summed E-state index contributed by atoms with van der Waals surface area (Å²) in [5.41, 5.74) is -0.283.